The van der Waals surface area contributed by atoms with Crippen molar-refractivity contribution in [2.75, 3.05) is 13.7 Å². The Balaban J connectivity index is 2.39. The van der Waals surface area contributed by atoms with E-state index in [4.69, 9.17) is 4.74 Å². The summed E-state index contributed by atoms with van der Waals surface area (Å²) in [6.07, 6.45) is 4.16. The fourth-order valence-electron chi connectivity index (χ4n) is 2.64. The summed E-state index contributed by atoms with van der Waals surface area (Å²) in [5.74, 6) is 1.64. The van der Waals surface area contributed by atoms with Crippen LogP contribution in [0.25, 0.3) is 0 Å². The van der Waals surface area contributed by atoms with Crippen molar-refractivity contribution < 1.29 is 4.74 Å². The average molecular weight is 199 g/mol. The van der Waals surface area contributed by atoms with Crippen LogP contribution < -0.4 is 5.32 Å². The van der Waals surface area contributed by atoms with Gasteiger partial charge in [0.05, 0.1) is 6.61 Å². The van der Waals surface area contributed by atoms with Crippen LogP contribution in [0.5, 0.6) is 0 Å². The van der Waals surface area contributed by atoms with Crippen molar-refractivity contribution in [3.8, 4) is 0 Å². The Morgan fingerprint density at radius 2 is 1.86 bits per heavy atom. The van der Waals surface area contributed by atoms with Gasteiger partial charge in [-0.1, -0.05) is 20.3 Å². The van der Waals surface area contributed by atoms with E-state index in [0.717, 1.165) is 18.4 Å². The second-order valence-corrected chi connectivity index (χ2v) is 4.93. The van der Waals surface area contributed by atoms with Crippen LogP contribution in [0.2, 0.25) is 0 Å². The Bertz CT molecular complexity index is 150. The lowest BCUT2D eigenvalue weighted by atomic mass is 9.78. The first-order valence-electron chi connectivity index (χ1n) is 5.90. The van der Waals surface area contributed by atoms with Crippen LogP contribution >= 0.6 is 0 Å². The van der Waals surface area contributed by atoms with Crippen molar-refractivity contribution in [1.82, 2.24) is 5.32 Å². The van der Waals surface area contributed by atoms with Crippen molar-refractivity contribution in [2.45, 2.75) is 52.1 Å². The molecule has 0 bridgehead atoms. The summed E-state index contributed by atoms with van der Waals surface area (Å²) in [6, 6.07) is 1.17. The molecule has 84 valence electrons. The van der Waals surface area contributed by atoms with Gasteiger partial charge in [0.2, 0.25) is 0 Å². The molecule has 3 unspecified atom stereocenters. The first-order valence-corrected chi connectivity index (χ1v) is 5.90. The lowest BCUT2D eigenvalue weighted by Crippen LogP contribution is -2.48. The molecule has 0 aromatic heterocycles. The van der Waals surface area contributed by atoms with Crippen molar-refractivity contribution in [3.05, 3.63) is 0 Å². The van der Waals surface area contributed by atoms with E-state index in [1.807, 2.05) is 0 Å². The van der Waals surface area contributed by atoms with E-state index in [0.29, 0.717) is 12.1 Å². The van der Waals surface area contributed by atoms with E-state index >= 15 is 0 Å². The zero-order valence-electron chi connectivity index (χ0n) is 10.0. The van der Waals surface area contributed by atoms with Crippen LogP contribution in [0.4, 0.5) is 0 Å². The van der Waals surface area contributed by atoms with Gasteiger partial charge >= 0.3 is 0 Å². The minimum Gasteiger partial charge on any atom is -0.383 e. The zero-order chi connectivity index (χ0) is 10.6. The quantitative estimate of drug-likeness (QED) is 0.751. The maximum atomic E-state index is 5.15. The summed E-state index contributed by atoms with van der Waals surface area (Å²) >= 11 is 0. The highest BCUT2D eigenvalue weighted by Crippen LogP contribution is 2.28. The molecule has 2 heteroatoms. The fraction of sp³-hybridized carbons (Fsp3) is 1.00. The van der Waals surface area contributed by atoms with Crippen molar-refractivity contribution >= 4 is 0 Å². The lowest BCUT2D eigenvalue weighted by Gasteiger charge is -2.37. The largest absolute Gasteiger partial charge is 0.383 e. The number of ether oxygens (including phenoxy) is 1. The number of nitrogens with one attached hydrogen (secondary N) is 1. The maximum absolute atomic E-state index is 5.15. The molecule has 0 heterocycles. The second kappa shape index (κ2) is 5.72. The molecule has 1 aliphatic carbocycles. The Hall–Kier alpha value is -0.0800. The molecule has 0 aromatic carbocycles. The number of hydrogen-bond donors (Lipinski definition) is 1. The third-order valence-corrected chi connectivity index (χ3v) is 3.44. The van der Waals surface area contributed by atoms with Crippen LogP contribution in [-0.2, 0) is 4.74 Å². The third kappa shape index (κ3) is 3.25. The normalized spacial score (nSPS) is 35.6. The van der Waals surface area contributed by atoms with Gasteiger partial charge in [0, 0.05) is 19.2 Å². The number of methoxy groups -OCH3 is 1. The minimum absolute atomic E-state index is 0.480. The van der Waals surface area contributed by atoms with Gasteiger partial charge in [0.15, 0.2) is 0 Å². The molecule has 14 heavy (non-hydrogen) atoms. The summed E-state index contributed by atoms with van der Waals surface area (Å²) in [7, 11) is 1.77. The summed E-state index contributed by atoms with van der Waals surface area (Å²) in [6.45, 7) is 7.76. The highest BCUT2D eigenvalue weighted by Gasteiger charge is 2.28. The smallest absolute Gasteiger partial charge is 0.0613 e. The fourth-order valence-corrected chi connectivity index (χ4v) is 2.64. The van der Waals surface area contributed by atoms with Crippen LogP contribution in [0.3, 0.4) is 0 Å². The predicted molar refractivity (Wildman–Crippen MR) is 60.4 cm³/mol. The summed E-state index contributed by atoms with van der Waals surface area (Å²) in [5.41, 5.74) is 0. The Kier molecular flexibility index (Phi) is 4.90. The Morgan fingerprint density at radius 1 is 1.29 bits per heavy atom. The third-order valence-electron chi connectivity index (χ3n) is 3.44. The molecule has 0 amide bonds. The van der Waals surface area contributed by atoms with Crippen molar-refractivity contribution in [3.63, 3.8) is 0 Å². The van der Waals surface area contributed by atoms with E-state index in [2.05, 4.69) is 26.1 Å². The van der Waals surface area contributed by atoms with Gasteiger partial charge in [0.25, 0.3) is 0 Å². The van der Waals surface area contributed by atoms with Crippen molar-refractivity contribution in [2.24, 2.45) is 11.8 Å². The van der Waals surface area contributed by atoms with Crippen LogP contribution in [-0.4, -0.2) is 25.8 Å². The molecule has 0 aliphatic heterocycles. The highest BCUT2D eigenvalue weighted by molar-refractivity contribution is 4.84. The van der Waals surface area contributed by atoms with Gasteiger partial charge in [-0.3, -0.25) is 0 Å². The van der Waals surface area contributed by atoms with Crippen LogP contribution in [0.15, 0.2) is 0 Å². The Morgan fingerprint density at radius 3 is 2.36 bits per heavy atom. The van der Waals surface area contributed by atoms with Crippen LogP contribution in [0, 0.1) is 11.8 Å². The topological polar surface area (TPSA) is 21.3 Å². The molecule has 3 atom stereocenters. The summed E-state index contributed by atoms with van der Waals surface area (Å²) in [4.78, 5) is 0. The first-order chi connectivity index (χ1) is 6.65. The van der Waals surface area contributed by atoms with E-state index in [1.54, 1.807) is 7.11 Å². The average Bonchev–Trinajstić information content (AvgIpc) is 2.12. The molecular weight excluding hydrogens is 174 g/mol. The Labute approximate surface area is 88.4 Å². The second-order valence-electron chi connectivity index (χ2n) is 4.93. The van der Waals surface area contributed by atoms with Gasteiger partial charge in [-0.2, -0.15) is 0 Å². The van der Waals surface area contributed by atoms with E-state index in [9.17, 15) is 0 Å². The molecule has 0 saturated heterocycles. The molecule has 0 radical (unpaired) electrons. The number of rotatable bonds is 4. The lowest BCUT2D eigenvalue weighted by molar-refractivity contribution is 0.136. The molecule has 1 aliphatic rings. The summed E-state index contributed by atoms with van der Waals surface area (Å²) in [5, 5.41) is 3.69. The van der Waals surface area contributed by atoms with Gasteiger partial charge in [-0.05, 0) is 31.6 Å². The first kappa shape index (κ1) is 12.0. The molecule has 1 rings (SSSR count). The van der Waals surface area contributed by atoms with Gasteiger partial charge in [0.1, 0.15) is 0 Å². The van der Waals surface area contributed by atoms with Gasteiger partial charge in [-0.15, -0.1) is 0 Å². The minimum atomic E-state index is 0.480. The van der Waals surface area contributed by atoms with Crippen LogP contribution in [0.1, 0.15) is 40.0 Å². The monoisotopic (exact) mass is 199 g/mol. The summed E-state index contributed by atoms with van der Waals surface area (Å²) < 4.78 is 5.15. The van der Waals surface area contributed by atoms with E-state index in [-0.39, 0.29) is 0 Å². The van der Waals surface area contributed by atoms with Crippen molar-refractivity contribution in [1.29, 1.82) is 0 Å². The highest BCUT2D eigenvalue weighted by atomic mass is 16.5. The predicted octanol–water partition coefficient (Wildman–Crippen LogP) is 2.44. The molecule has 1 N–H and O–H groups in total. The van der Waals surface area contributed by atoms with E-state index < -0.39 is 0 Å². The molecule has 1 fully saturated rings. The zero-order valence-corrected chi connectivity index (χ0v) is 10.0. The maximum Gasteiger partial charge on any atom is 0.0613 e. The standard InChI is InChI=1S/C12H25NO/c1-9-6-5-7-10(2)12(9)13-11(3)8-14-4/h9-13H,5-8H2,1-4H3. The van der Waals surface area contributed by atoms with E-state index in [1.165, 1.54) is 19.3 Å². The molecule has 1 saturated carbocycles. The molecule has 2 nitrogen and oxygen atoms in total. The van der Waals surface area contributed by atoms with Gasteiger partial charge < -0.3 is 10.1 Å². The number of hydrogen-bond acceptors (Lipinski definition) is 2. The van der Waals surface area contributed by atoms with Gasteiger partial charge in [-0.25, -0.2) is 0 Å². The molecule has 0 aromatic rings. The molecular formula is C12H25NO. The SMILES string of the molecule is COCC(C)NC1C(C)CCCC1C. The molecule has 0 spiro atoms.